The van der Waals surface area contributed by atoms with E-state index in [9.17, 15) is 13.2 Å². The lowest BCUT2D eigenvalue weighted by Crippen LogP contribution is -2.50. The molecule has 0 aromatic carbocycles. The van der Waals surface area contributed by atoms with Gasteiger partial charge in [0.05, 0.1) is 5.75 Å². The van der Waals surface area contributed by atoms with Crippen molar-refractivity contribution < 1.29 is 18.3 Å². The van der Waals surface area contributed by atoms with Crippen LogP contribution in [0.15, 0.2) is 0 Å². The predicted octanol–water partition coefficient (Wildman–Crippen LogP) is -0.640. The molecule has 1 aliphatic rings. The van der Waals surface area contributed by atoms with Gasteiger partial charge in [-0.2, -0.15) is 4.31 Å². The minimum atomic E-state index is -3.30. The van der Waals surface area contributed by atoms with Gasteiger partial charge in [0.15, 0.2) is 0 Å². The van der Waals surface area contributed by atoms with Gasteiger partial charge in [-0.25, -0.2) is 8.42 Å². The van der Waals surface area contributed by atoms with Gasteiger partial charge >= 0.3 is 5.97 Å². The van der Waals surface area contributed by atoms with Crippen molar-refractivity contribution in [3.63, 3.8) is 0 Å². The molecule has 1 N–H and O–H groups in total. The Labute approximate surface area is 121 Å². The van der Waals surface area contributed by atoms with Gasteiger partial charge < -0.3 is 10.0 Å². The molecule has 0 aliphatic carbocycles. The van der Waals surface area contributed by atoms with Crippen molar-refractivity contribution in [2.75, 3.05) is 59.1 Å². The quantitative estimate of drug-likeness (QED) is 0.642. The highest BCUT2D eigenvalue weighted by atomic mass is 32.2. The summed E-state index contributed by atoms with van der Waals surface area (Å²) in [5.41, 5.74) is 0. The minimum Gasteiger partial charge on any atom is -0.481 e. The lowest BCUT2D eigenvalue weighted by molar-refractivity contribution is -0.137. The Kier molecular flexibility index (Phi) is 6.87. The molecule has 0 aromatic rings. The molecule has 0 amide bonds. The number of carboxylic acids is 1. The summed E-state index contributed by atoms with van der Waals surface area (Å²) in [5.74, 6) is -1.02. The molecule has 1 rings (SSSR count). The van der Waals surface area contributed by atoms with Crippen molar-refractivity contribution in [3.05, 3.63) is 0 Å². The molecule has 0 aromatic heterocycles. The van der Waals surface area contributed by atoms with E-state index < -0.39 is 16.0 Å². The fourth-order valence-corrected chi connectivity index (χ4v) is 3.59. The molecule has 20 heavy (non-hydrogen) atoms. The topological polar surface area (TPSA) is 81.2 Å². The van der Waals surface area contributed by atoms with Gasteiger partial charge in [-0.3, -0.25) is 9.69 Å². The number of sulfonamides is 1. The first-order valence-electron chi connectivity index (χ1n) is 6.88. The number of carboxylic acid groups (broad SMARTS) is 1. The van der Waals surface area contributed by atoms with Gasteiger partial charge in [-0.1, -0.05) is 0 Å². The lowest BCUT2D eigenvalue weighted by atomic mass is 10.3. The SMILES string of the molecule is CN(C)CCN1CCN(S(=O)(=O)CCCC(=O)O)CC1. The summed E-state index contributed by atoms with van der Waals surface area (Å²) in [7, 11) is 0.733. The van der Waals surface area contributed by atoms with Crippen molar-refractivity contribution in [1.82, 2.24) is 14.1 Å². The highest BCUT2D eigenvalue weighted by molar-refractivity contribution is 7.89. The molecule has 7 nitrogen and oxygen atoms in total. The maximum Gasteiger partial charge on any atom is 0.303 e. The second kappa shape index (κ2) is 7.92. The Bertz CT molecular complexity index is 403. The molecule has 0 radical (unpaired) electrons. The van der Waals surface area contributed by atoms with E-state index in [-0.39, 0.29) is 18.6 Å². The smallest absolute Gasteiger partial charge is 0.303 e. The fourth-order valence-electron chi connectivity index (χ4n) is 2.11. The van der Waals surface area contributed by atoms with Crippen LogP contribution in [0.5, 0.6) is 0 Å². The van der Waals surface area contributed by atoms with Gasteiger partial charge in [-0.05, 0) is 20.5 Å². The van der Waals surface area contributed by atoms with Crippen LogP contribution in [0.1, 0.15) is 12.8 Å². The average Bonchev–Trinajstić information content (AvgIpc) is 2.36. The molecule has 1 heterocycles. The second-order valence-electron chi connectivity index (χ2n) is 5.36. The van der Waals surface area contributed by atoms with Gasteiger partial charge in [0.2, 0.25) is 10.0 Å². The van der Waals surface area contributed by atoms with E-state index in [1.54, 1.807) is 0 Å². The molecule has 0 atom stereocenters. The minimum absolute atomic E-state index is 0.0724. The Hall–Kier alpha value is -0.700. The van der Waals surface area contributed by atoms with E-state index in [2.05, 4.69) is 9.80 Å². The van der Waals surface area contributed by atoms with Crippen molar-refractivity contribution in [2.45, 2.75) is 12.8 Å². The van der Waals surface area contributed by atoms with Gasteiger partial charge in [-0.15, -0.1) is 0 Å². The summed E-state index contributed by atoms with van der Waals surface area (Å²) < 4.78 is 25.6. The van der Waals surface area contributed by atoms with Crippen LogP contribution in [0.4, 0.5) is 0 Å². The van der Waals surface area contributed by atoms with Crippen LogP contribution in [0, 0.1) is 0 Å². The number of hydrogen-bond acceptors (Lipinski definition) is 5. The van der Waals surface area contributed by atoms with Crippen LogP contribution < -0.4 is 0 Å². The van der Waals surface area contributed by atoms with E-state index in [4.69, 9.17) is 5.11 Å². The first-order chi connectivity index (χ1) is 9.31. The molecule has 0 spiro atoms. The third-order valence-electron chi connectivity index (χ3n) is 3.38. The summed E-state index contributed by atoms with van der Waals surface area (Å²) in [6, 6.07) is 0. The standard InChI is InChI=1S/C12H25N3O4S/c1-13(2)5-6-14-7-9-15(10-8-14)20(18,19)11-3-4-12(16)17/h3-11H2,1-2H3,(H,16,17). The zero-order valence-electron chi connectivity index (χ0n) is 12.3. The maximum absolute atomic E-state index is 12.0. The zero-order valence-corrected chi connectivity index (χ0v) is 13.1. The second-order valence-corrected chi connectivity index (χ2v) is 7.45. The summed E-state index contributed by atoms with van der Waals surface area (Å²) >= 11 is 0. The van der Waals surface area contributed by atoms with Crippen molar-refractivity contribution >= 4 is 16.0 Å². The molecule has 0 saturated carbocycles. The number of rotatable bonds is 8. The molecule has 0 bridgehead atoms. The Morgan fingerprint density at radius 1 is 1.20 bits per heavy atom. The van der Waals surface area contributed by atoms with Crippen LogP contribution in [0.25, 0.3) is 0 Å². The van der Waals surface area contributed by atoms with Gasteiger partial charge in [0.25, 0.3) is 0 Å². The van der Waals surface area contributed by atoms with Crippen LogP contribution in [0.2, 0.25) is 0 Å². The van der Waals surface area contributed by atoms with Crippen LogP contribution in [-0.4, -0.2) is 92.7 Å². The van der Waals surface area contributed by atoms with Crippen LogP contribution in [0.3, 0.4) is 0 Å². The molecule has 1 aliphatic heterocycles. The van der Waals surface area contributed by atoms with Crippen molar-refractivity contribution in [3.8, 4) is 0 Å². The van der Waals surface area contributed by atoms with E-state index >= 15 is 0 Å². The average molecular weight is 307 g/mol. The monoisotopic (exact) mass is 307 g/mol. The molecule has 1 saturated heterocycles. The largest absolute Gasteiger partial charge is 0.481 e. The van der Waals surface area contributed by atoms with E-state index in [0.29, 0.717) is 13.1 Å². The Morgan fingerprint density at radius 3 is 2.30 bits per heavy atom. The number of carbonyl (C=O) groups is 1. The van der Waals surface area contributed by atoms with Crippen molar-refractivity contribution in [2.24, 2.45) is 0 Å². The summed E-state index contributed by atoms with van der Waals surface area (Å²) in [5, 5.41) is 8.54. The maximum atomic E-state index is 12.0. The first-order valence-corrected chi connectivity index (χ1v) is 8.49. The first kappa shape index (κ1) is 17.4. The number of aliphatic carboxylic acids is 1. The Morgan fingerprint density at radius 2 is 1.80 bits per heavy atom. The molecule has 1 fully saturated rings. The van der Waals surface area contributed by atoms with Crippen molar-refractivity contribution in [1.29, 1.82) is 0 Å². The molecule has 8 heteroatoms. The number of piperazine rings is 1. The predicted molar refractivity (Wildman–Crippen MR) is 77.2 cm³/mol. The van der Waals surface area contributed by atoms with Gasteiger partial charge in [0, 0.05) is 45.7 Å². The van der Waals surface area contributed by atoms with E-state index in [1.165, 1.54) is 4.31 Å². The lowest BCUT2D eigenvalue weighted by Gasteiger charge is -2.34. The molecular weight excluding hydrogens is 282 g/mol. The van der Waals surface area contributed by atoms with Crippen LogP contribution >= 0.6 is 0 Å². The summed E-state index contributed by atoms with van der Waals surface area (Å²) in [6.45, 7) is 4.40. The number of likely N-dealkylation sites (N-methyl/N-ethyl adjacent to an activating group) is 1. The third-order valence-corrected chi connectivity index (χ3v) is 5.34. The van der Waals surface area contributed by atoms with Gasteiger partial charge in [0.1, 0.15) is 0 Å². The molecule has 0 unspecified atom stereocenters. The van der Waals surface area contributed by atoms with Crippen LogP contribution in [-0.2, 0) is 14.8 Å². The normalized spacial score (nSPS) is 18.6. The molecule has 118 valence electrons. The number of nitrogens with zero attached hydrogens (tertiary/aromatic N) is 3. The Balaban J connectivity index is 2.34. The zero-order chi connectivity index (χ0) is 15.2. The number of hydrogen-bond donors (Lipinski definition) is 1. The van der Waals surface area contributed by atoms with E-state index in [0.717, 1.165) is 26.2 Å². The fraction of sp³-hybridized carbons (Fsp3) is 0.917. The summed E-state index contributed by atoms with van der Waals surface area (Å²) in [6.07, 6.45) is 0.0839. The third kappa shape index (κ3) is 6.17. The highest BCUT2D eigenvalue weighted by Gasteiger charge is 2.26. The summed E-state index contributed by atoms with van der Waals surface area (Å²) in [4.78, 5) is 14.8. The van der Waals surface area contributed by atoms with E-state index in [1.807, 2.05) is 14.1 Å². The highest BCUT2D eigenvalue weighted by Crippen LogP contribution is 2.09. The molecular formula is C12H25N3O4S.